The second kappa shape index (κ2) is 9.15. The lowest BCUT2D eigenvalue weighted by molar-refractivity contribution is -0.147. The first-order chi connectivity index (χ1) is 13.0. The molecule has 152 valence electrons. The Labute approximate surface area is 161 Å². The molecule has 2 aliphatic rings. The van der Waals surface area contributed by atoms with E-state index in [-0.39, 0.29) is 11.5 Å². The predicted octanol–water partition coefficient (Wildman–Crippen LogP) is 2.63. The van der Waals surface area contributed by atoms with Gasteiger partial charge in [-0.1, -0.05) is 19.0 Å². The molecule has 2 fully saturated rings. The van der Waals surface area contributed by atoms with Crippen LogP contribution in [0.1, 0.15) is 57.7 Å². The highest BCUT2D eigenvalue weighted by Crippen LogP contribution is 2.38. The van der Waals surface area contributed by atoms with Gasteiger partial charge in [0.2, 0.25) is 11.8 Å². The Morgan fingerprint density at radius 1 is 1.37 bits per heavy atom. The predicted molar refractivity (Wildman–Crippen MR) is 100 cm³/mol. The van der Waals surface area contributed by atoms with E-state index in [0.717, 1.165) is 51.8 Å². The third-order valence-electron chi connectivity index (χ3n) is 5.71. The van der Waals surface area contributed by atoms with Crippen LogP contribution < -0.4 is 0 Å². The Hall–Kier alpha value is -1.47. The van der Waals surface area contributed by atoms with E-state index in [0.29, 0.717) is 43.0 Å². The van der Waals surface area contributed by atoms with Crippen LogP contribution in [0.3, 0.4) is 0 Å². The van der Waals surface area contributed by atoms with Crippen molar-refractivity contribution in [3.8, 4) is 0 Å². The molecule has 7 nitrogen and oxygen atoms in total. The molecule has 0 radical (unpaired) electrons. The van der Waals surface area contributed by atoms with Gasteiger partial charge in [0.05, 0.1) is 12.2 Å². The number of piperidine rings is 1. The Morgan fingerprint density at radius 2 is 2.15 bits per heavy atom. The molecule has 0 saturated carbocycles. The van der Waals surface area contributed by atoms with E-state index in [1.165, 1.54) is 0 Å². The number of carbonyl (C=O) groups is 1. The van der Waals surface area contributed by atoms with E-state index in [1.807, 2.05) is 4.90 Å². The molecule has 3 rings (SSSR count). The van der Waals surface area contributed by atoms with Crippen LogP contribution in [0.5, 0.6) is 0 Å². The number of likely N-dealkylation sites (tertiary alicyclic amines) is 1. The minimum absolute atomic E-state index is 0.0869. The number of ether oxygens (including phenoxy) is 2. The first kappa shape index (κ1) is 20.3. The summed E-state index contributed by atoms with van der Waals surface area (Å²) in [5, 5.41) is 4.03. The zero-order valence-electron chi connectivity index (χ0n) is 16.9. The van der Waals surface area contributed by atoms with Gasteiger partial charge in [-0.25, -0.2) is 0 Å². The number of nitrogens with zero attached hydrogens (tertiary/aromatic N) is 3. The fraction of sp³-hybridized carbons (Fsp3) is 0.850. The third-order valence-corrected chi connectivity index (χ3v) is 5.71. The molecule has 1 unspecified atom stereocenters. The van der Waals surface area contributed by atoms with Crippen molar-refractivity contribution in [3.63, 3.8) is 0 Å². The molecule has 0 aromatic carbocycles. The molecule has 0 N–H and O–H groups in total. The first-order valence-electron chi connectivity index (χ1n) is 10.2. The van der Waals surface area contributed by atoms with Gasteiger partial charge in [0.15, 0.2) is 5.82 Å². The van der Waals surface area contributed by atoms with Crippen LogP contribution in [0.15, 0.2) is 4.52 Å². The molecule has 1 aromatic heterocycles. The monoisotopic (exact) mass is 379 g/mol. The molecule has 7 heteroatoms. The number of hydrogen-bond donors (Lipinski definition) is 0. The van der Waals surface area contributed by atoms with Gasteiger partial charge in [-0.2, -0.15) is 4.98 Å². The van der Waals surface area contributed by atoms with Gasteiger partial charge in [-0.3, -0.25) is 4.79 Å². The highest BCUT2D eigenvalue weighted by molar-refractivity contribution is 5.76. The van der Waals surface area contributed by atoms with E-state index in [4.69, 9.17) is 14.0 Å². The SMILES string of the molecule is COCCc1noc(CC2CCOC3(CCN(C(=O)CC(C)C)CC3)C2)n1. The van der Waals surface area contributed by atoms with E-state index in [1.54, 1.807) is 7.11 Å². The van der Waals surface area contributed by atoms with Gasteiger partial charge < -0.3 is 18.9 Å². The van der Waals surface area contributed by atoms with E-state index >= 15 is 0 Å². The average molecular weight is 380 g/mol. The lowest BCUT2D eigenvalue weighted by Crippen LogP contribution is -2.51. The molecule has 1 amide bonds. The van der Waals surface area contributed by atoms with Crippen molar-refractivity contribution >= 4 is 5.91 Å². The van der Waals surface area contributed by atoms with Crippen molar-refractivity contribution in [1.29, 1.82) is 0 Å². The molecular formula is C20H33N3O4. The smallest absolute Gasteiger partial charge is 0.226 e. The number of aromatic nitrogens is 2. The van der Waals surface area contributed by atoms with Gasteiger partial charge >= 0.3 is 0 Å². The quantitative estimate of drug-likeness (QED) is 0.725. The lowest BCUT2D eigenvalue weighted by atomic mass is 9.78. The minimum Gasteiger partial charge on any atom is -0.384 e. The summed E-state index contributed by atoms with van der Waals surface area (Å²) in [6, 6.07) is 0. The van der Waals surface area contributed by atoms with Gasteiger partial charge in [0.1, 0.15) is 0 Å². The highest BCUT2D eigenvalue weighted by Gasteiger charge is 2.41. The summed E-state index contributed by atoms with van der Waals surface area (Å²) in [7, 11) is 1.67. The van der Waals surface area contributed by atoms with Crippen LogP contribution in [0.2, 0.25) is 0 Å². The van der Waals surface area contributed by atoms with Crippen LogP contribution in [0.25, 0.3) is 0 Å². The topological polar surface area (TPSA) is 77.7 Å². The molecular weight excluding hydrogens is 346 g/mol. The van der Waals surface area contributed by atoms with Crippen molar-refractivity contribution < 1.29 is 18.8 Å². The minimum atomic E-state index is -0.0869. The Morgan fingerprint density at radius 3 is 2.85 bits per heavy atom. The van der Waals surface area contributed by atoms with Crippen LogP contribution in [-0.4, -0.2) is 60.0 Å². The largest absolute Gasteiger partial charge is 0.384 e. The zero-order valence-corrected chi connectivity index (χ0v) is 16.9. The van der Waals surface area contributed by atoms with E-state index in [9.17, 15) is 4.79 Å². The lowest BCUT2D eigenvalue weighted by Gasteiger charge is -2.46. The molecule has 2 saturated heterocycles. The second-order valence-electron chi connectivity index (χ2n) is 8.42. The summed E-state index contributed by atoms with van der Waals surface area (Å²) in [4.78, 5) is 18.8. The summed E-state index contributed by atoms with van der Waals surface area (Å²) >= 11 is 0. The average Bonchev–Trinajstić information content (AvgIpc) is 3.07. The maximum Gasteiger partial charge on any atom is 0.226 e. The molecule has 1 aromatic rings. The van der Waals surface area contributed by atoms with Crippen LogP contribution in [0.4, 0.5) is 0 Å². The van der Waals surface area contributed by atoms with Gasteiger partial charge in [-0.05, 0) is 37.5 Å². The van der Waals surface area contributed by atoms with Gasteiger partial charge in [0.25, 0.3) is 0 Å². The molecule has 3 heterocycles. The second-order valence-corrected chi connectivity index (χ2v) is 8.42. The van der Waals surface area contributed by atoms with Crippen molar-refractivity contribution in [2.24, 2.45) is 11.8 Å². The van der Waals surface area contributed by atoms with Gasteiger partial charge in [0, 0.05) is 46.1 Å². The van der Waals surface area contributed by atoms with Crippen LogP contribution in [-0.2, 0) is 27.1 Å². The van der Waals surface area contributed by atoms with E-state index < -0.39 is 0 Å². The Balaban J connectivity index is 1.51. The summed E-state index contributed by atoms with van der Waals surface area (Å²) in [5.41, 5.74) is -0.0869. The molecule has 27 heavy (non-hydrogen) atoms. The van der Waals surface area contributed by atoms with Crippen molar-refractivity contribution in [1.82, 2.24) is 15.0 Å². The summed E-state index contributed by atoms with van der Waals surface area (Å²) < 4.78 is 16.7. The number of methoxy groups -OCH3 is 1. The number of rotatable bonds is 7. The molecule has 0 aliphatic carbocycles. The summed E-state index contributed by atoms with van der Waals surface area (Å²) in [6.45, 7) is 7.17. The van der Waals surface area contributed by atoms with Gasteiger partial charge in [-0.15, -0.1) is 0 Å². The first-order valence-corrected chi connectivity index (χ1v) is 10.2. The molecule has 1 atom stereocenters. The fourth-order valence-electron chi connectivity index (χ4n) is 4.21. The normalized spacial score (nSPS) is 22.5. The maximum absolute atomic E-state index is 12.3. The summed E-state index contributed by atoms with van der Waals surface area (Å²) in [6.07, 6.45) is 6.01. The van der Waals surface area contributed by atoms with Crippen molar-refractivity contribution in [2.45, 2.75) is 64.4 Å². The third kappa shape index (κ3) is 5.51. The zero-order chi connectivity index (χ0) is 19.3. The summed E-state index contributed by atoms with van der Waals surface area (Å²) in [5.74, 6) is 2.61. The van der Waals surface area contributed by atoms with Crippen molar-refractivity contribution in [3.05, 3.63) is 11.7 Å². The Bertz CT molecular complexity index is 608. The number of hydrogen-bond acceptors (Lipinski definition) is 6. The fourth-order valence-corrected chi connectivity index (χ4v) is 4.21. The molecule has 0 bridgehead atoms. The van der Waals surface area contributed by atoms with Crippen LogP contribution in [0, 0.1) is 11.8 Å². The van der Waals surface area contributed by atoms with E-state index in [2.05, 4.69) is 24.0 Å². The maximum atomic E-state index is 12.3. The van der Waals surface area contributed by atoms with Crippen molar-refractivity contribution in [2.75, 3.05) is 33.4 Å². The van der Waals surface area contributed by atoms with Crippen LogP contribution >= 0.6 is 0 Å². The highest BCUT2D eigenvalue weighted by atomic mass is 16.5. The molecule has 1 spiro atoms. The number of carbonyl (C=O) groups excluding carboxylic acids is 1. The Kier molecular flexibility index (Phi) is 6.87. The molecule has 2 aliphatic heterocycles. The standard InChI is InChI=1S/C20H33N3O4/c1-15(2)12-19(24)23-8-6-20(7-9-23)14-16(4-11-26-20)13-18-21-17(22-27-18)5-10-25-3/h15-16H,4-14H2,1-3H3. The number of amides is 1.